The Morgan fingerprint density at radius 2 is 1.90 bits per heavy atom. The van der Waals surface area contributed by atoms with Crippen molar-refractivity contribution in [1.29, 1.82) is 0 Å². The molecular weight excluding hydrogens is 392 g/mol. The van der Waals surface area contributed by atoms with E-state index in [-0.39, 0.29) is 18.4 Å². The molecule has 1 N–H and O–H groups in total. The Kier molecular flexibility index (Phi) is 12.6. The summed E-state index contributed by atoms with van der Waals surface area (Å²) in [4.78, 5) is 23.2. The summed E-state index contributed by atoms with van der Waals surface area (Å²) in [7, 11) is 0. The normalized spacial score (nSPS) is 19.1. The van der Waals surface area contributed by atoms with Crippen LogP contribution < -0.4 is 0 Å². The molecule has 1 rings (SSSR count). The second-order valence-electron chi connectivity index (χ2n) is 9.41. The van der Waals surface area contributed by atoms with Crippen molar-refractivity contribution < 1.29 is 24.2 Å². The zero-order valence-corrected chi connectivity index (χ0v) is 20.4. The van der Waals surface area contributed by atoms with E-state index in [0.717, 1.165) is 44.1 Å². The molecule has 0 aromatic heterocycles. The first-order valence-corrected chi connectivity index (χ1v) is 12.1. The molecule has 178 valence electrons. The van der Waals surface area contributed by atoms with Gasteiger partial charge in [-0.2, -0.15) is 0 Å². The van der Waals surface area contributed by atoms with Gasteiger partial charge in [-0.25, -0.2) is 4.79 Å². The fourth-order valence-electron chi connectivity index (χ4n) is 4.05. The Morgan fingerprint density at radius 1 is 1.19 bits per heavy atom. The molecule has 31 heavy (non-hydrogen) atoms. The monoisotopic (exact) mass is 436 g/mol. The molecule has 0 heterocycles. The van der Waals surface area contributed by atoms with Gasteiger partial charge in [-0.3, -0.25) is 4.79 Å². The molecule has 0 radical (unpaired) electrons. The van der Waals surface area contributed by atoms with Crippen molar-refractivity contribution in [1.82, 2.24) is 0 Å². The maximum Gasteiger partial charge on any atom is 0.508 e. The standard InChI is InChI=1S/C26H44O5/c1-6-8-9-10-11-12-23(17-18-24(27)28)31-25(29)30-19-21(7-2)14-16-22-15-13-20(3)26(22,4)5/h13-14,22-23H,6-12,15-19H2,1-5H3,(H,27,28). The van der Waals surface area contributed by atoms with Crippen LogP contribution in [0.5, 0.6) is 0 Å². The van der Waals surface area contributed by atoms with Crippen molar-refractivity contribution in [3.05, 3.63) is 23.3 Å². The van der Waals surface area contributed by atoms with Crippen LogP contribution in [0.2, 0.25) is 0 Å². The van der Waals surface area contributed by atoms with Crippen molar-refractivity contribution in [2.75, 3.05) is 6.61 Å². The zero-order chi connectivity index (χ0) is 23.3. The minimum absolute atomic E-state index is 0.00234. The third kappa shape index (κ3) is 10.4. The van der Waals surface area contributed by atoms with Crippen LogP contribution in [-0.2, 0) is 14.3 Å². The Labute approximate surface area is 189 Å². The molecule has 0 fully saturated rings. The molecule has 5 heteroatoms. The number of hydrogen-bond acceptors (Lipinski definition) is 4. The highest BCUT2D eigenvalue weighted by Gasteiger charge is 2.33. The molecule has 0 aromatic rings. The summed E-state index contributed by atoms with van der Waals surface area (Å²) in [5.74, 6) is -0.294. The van der Waals surface area contributed by atoms with Crippen LogP contribution in [0.4, 0.5) is 4.79 Å². The van der Waals surface area contributed by atoms with E-state index in [1.807, 2.05) is 0 Å². The highest BCUT2D eigenvalue weighted by molar-refractivity contribution is 5.66. The number of hydrogen-bond donors (Lipinski definition) is 1. The highest BCUT2D eigenvalue weighted by atomic mass is 16.7. The number of unbranched alkanes of at least 4 members (excludes halogenated alkanes) is 4. The molecule has 0 saturated heterocycles. The average Bonchev–Trinajstić information content (AvgIpc) is 2.98. The van der Waals surface area contributed by atoms with E-state index >= 15 is 0 Å². The summed E-state index contributed by atoms with van der Waals surface area (Å²) >= 11 is 0. The quantitative estimate of drug-likeness (QED) is 0.164. The van der Waals surface area contributed by atoms with Gasteiger partial charge in [0.2, 0.25) is 0 Å². The number of carboxylic acids is 1. The molecule has 0 saturated carbocycles. The third-order valence-electron chi connectivity index (χ3n) is 6.84. The zero-order valence-electron chi connectivity index (χ0n) is 20.4. The van der Waals surface area contributed by atoms with Crippen molar-refractivity contribution in [2.24, 2.45) is 11.3 Å². The van der Waals surface area contributed by atoms with E-state index in [2.05, 4.69) is 46.8 Å². The maximum absolute atomic E-state index is 12.2. The molecule has 1 aliphatic rings. The van der Waals surface area contributed by atoms with Gasteiger partial charge in [-0.05, 0) is 62.4 Å². The van der Waals surface area contributed by atoms with Crippen molar-refractivity contribution in [3.63, 3.8) is 0 Å². The maximum atomic E-state index is 12.2. The van der Waals surface area contributed by atoms with E-state index < -0.39 is 18.2 Å². The van der Waals surface area contributed by atoms with Crippen LogP contribution in [0.25, 0.3) is 0 Å². The van der Waals surface area contributed by atoms with Crippen LogP contribution in [0.1, 0.15) is 105 Å². The SMILES string of the molecule is CCCCCCCC(CCC(=O)O)OC(=O)OCC(=CCC1CC=C(C)C1(C)C)CC. The summed E-state index contributed by atoms with van der Waals surface area (Å²) in [5.41, 5.74) is 2.76. The molecule has 0 aliphatic heterocycles. The first kappa shape index (κ1) is 27.3. The second-order valence-corrected chi connectivity index (χ2v) is 9.41. The van der Waals surface area contributed by atoms with E-state index in [1.165, 1.54) is 18.4 Å². The lowest BCUT2D eigenvalue weighted by atomic mass is 9.76. The van der Waals surface area contributed by atoms with Gasteiger partial charge in [0.15, 0.2) is 0 Å². The molecule has 0 aromatic carbocycles. The molecule has 2 unspecified atom stereocenters. The summed E-state index contributed by atoms with van der Waals surface area (Å²) in [6.07, 6.45) is 12.9. The molecule has 1 aliphatic carbocycles. The van der Waals surface area contributed by atoms with Crippen molar-refractivity contribution in [3.8, 4) is 0 Å². The number of allylic oxidation sites excluding steroid dienone is 3. The predicted molar refractivity (Wildman–Crippen MR) is 125 cm³/mol. The van der Waals surface area contributed by atoms with Crippen molar-refractivity contribution >= 4 is 12.1 Å². The van der Waals surface area contributed by atoms with E-state index in [9.17, 15) is 9.59 Å². The third-order valence-corrected chi connectivity index (χ3v) is 6.84. The molecule has 0 amide bonds. The lowest BCUT2D eigenvalue weighted by Gasteiger charge is -2.29. The van der Waals surface area contributed by atoms with E-state index in [1.54, 1.807) is 0 Å². The Bertz CT molecular complexity index is 617. The topological polar surface area (TPSA) is 72.8 Å². The summed E-state index contributed by atoms with van der Waals surface area (Å²) in [6, 6.07) is 0. The van der Waals surface area contributed by atoms with E-state index in [0.29, 0.717) is 18.8 Å². The number of ether oxygens (including phenoxy) is 2. The molecule has 0 spiro atoms. The lowest BCUT2D eigenvalue weighted by Crippen LogP contribution is -2.21. The molecule has 0 bridgehead atoms. The lowest BCUT2D eigenvalue weighted by molar-refractivity contribution is -0.137. The van der Waals surface area contributed by atoms with E-state index in [4.69, 9.17) is 14.6 Å². The summed E-state index contributed by atoms with van der Waals surface area (Å²) in [6.45, 7) is 11.3. The summed E-state index contributed by atoms with van der Waals surface area (Å²) < 4.78 is 10.8. The van der Waals surface area contributed by atoms with Crippen LogP contribution in [-0.4, -0.2) is 29.9 Å². The minimum Gasteiger partial charge on any atom is -0.481 e. The fraction of sp³-hybridized carbons (Fsp3) is 0.769. The average molecular weight is 437 g/mol. The Balaban J connectivity index is 2.48. The number of carboxylic acid groups (broad SMARTS) is 1. The first-order chi connectivity index (χ1) is 14.7. The Morgan fingerprint density at radius 3 is 2.48 bits per heavy atom. The Hall–Kier alpha value is -1.78. The first-order valence-electron chi connectivity index (χ1n) is 12.1. The van der Waals surface area contributed by atoms with Crippen LogP contribution >= 0.6 is 0 Å². The number of carbonyl (C=O) groups is 2. The van der Waals surface area contributed by atoms with Gasteiger partial charge in [0.25, 0.3) is 0 Å². The number of carbonyl (C=O) groups excluding carboxylic acids is 1. The largest absolute Gasteiger partial charge is 0.508 e. The van der Waals surface area contributed by atoms with Gasteiger partial charge in [-0.1, -0.05) is 71.1 Å². The predicted octanol–water partition coefficient (Wildman–Crippen LogP) is 7.45. The highest BCUT2D eigenvalue weighted by Crippen LogP contribution is 2.44. The van der Waals surface area contributed by atoms with Gasteiger partial charge < -0.3 is 14.6 Å². The van der Waals surface area contributed by atoms with Crippen LogP contribution in [0.3, 0.4) is 0 Å². The van der Waals surface area contributed by atoms with Gasteiger partial charge in [0.05, 0.1) is 0 Å². The van der Waals surface area contributed by atoms with Crippen LogP contribution in [0.15, 0.2) is 23.3 Å². The molecule has 2 atom stereocenters. The molecule has 5 nitrogen and oxygen atoms in total. The summed E-state index contributed by atoms with van der Waals surface area (Å²) in [5, 5.41) is 8.97. The number of rotatable bonds is 15. The number of aliphatic carboxylic acids is 1. The fourth-order valence-corrected chi connectivity index (χ4v) is 4.05. The van der Waals surface area contributed by atoms with Gasteiger partial charge >= 0.3 is 12.1 Å². The second kappa shape index (κ2) is 14.3. The van der Waals surface area contributed by atoms with Gasteiger partial charge in [0.1, 0.15) is 12.7 Å². The van der Waals surface area contributed by atoms with Crippen molar-refractivity contribution in [2.45, 2.75) is 111 Å². The van der Waals surface area contributed by atoms with Gasteiger partial charge in [-0.15, -0.1) is 0 Å². The van der Waals surface area contributed by atoms with Crippen LogP contribution in [0, 0.1) is 11.3 Å². The minimum atomic E-state index is -0.872. The van der Waals surface area contributed by atoms with Gasteiger partial charge in [0, 0.05) is 6.42 Å². The smallest absolute Gasteiger partial charge is 0.481 e. The molecular formula is C26H44O5.